The van der Waals surface area contributed by atoms with Crippen molar-refractivity contribution in [2.45, 2.75) is 19.0 Å². The van der Waals surface area contributed by atoms with Crippen LogP contribution >= 0.6 is 0 Å². The molecule has 1 atom stereocenters. The van der Waals surface area contributed by atoms with Crippen LogP contribution in [0.3, 0.4) is 0 Å². The lowest BCUT2D eigenvalue weighted by Crippen LogP contribution is -2.62. The van der Waals surface area contributed by atoms with E-state index in [-0.39, 0.29) is 18.0 Å². The van der Waals surface area contributed by atoms with Gasteiger partial charge in [0.05, 0.1) is 6.54 Å². The van der Waals surface area contributed by atoms with Crippen molar-refractivity contribution in [1.29, 1.82) is 0 Å². The number of nitrogens with zero attached hydrogens (tertiary/aromatic N) is 2. The van der Waals surface area contributed by atoms with E-state index in [1.165, 1.54) is 5.70 Å². The normalized spacial score (nSPS) is 27.7. The summed E-state index contributed by atoms with van der Waals surface area (Å²) in [6.07, 6.45) is 5.06. The molecule has 96 valence electrons. The minimum atomic E-state index is -0.375. The fraction of sp³-hybridized carbons (Fsp3) is 0.500. The maximum Gasteiger partial charge on any atom is 0.246 e. The van der Waals surface area contributed by atoms with Crippen molar-refractivity contribution < 1.29 is 9.59 Å². The highest BCUT2D eigenvalue weighted by Gasteiger charge is 2.34. The van der Waals surface area contributed by atoms with Gasteiger partial charge in [0.2, 0.25) is 11.8 Å². The second kappa shape index (κ2) is 4.13. The third kappa shape index (κ3) is 1.88. The van der Waals surface area contributed by atoms with Crippen LogP contribution in [0.4, 0.5) is 0 Å². The fourth-order valence-electron chi connectivity index (χ4n) is 2.65. The van der Waals surface area contributed by atoms with Crippen molar-refractivity contribution in [3.05, 3.63) is 23.5 Å². The van der Waals surface area contributed by atoms with E-state index in [1.54, 1.807) is 0 Å². The first-order valence-electron chi connectivity index (χ1n) is 6.13. The quantitative estimate of drug-likeness (QED) is 0.631. The van der Waals surface area contributed by atoms with Gasteiger partial charge in [-0.2, -0.15) is 0 Å². The molecule has 3 heterocycles. The molecule has 0 aromatic rings. The molecule has 0 aromatic carbocycles. The Morgan fingerprint density at radius 3 is 3.11 bits per heavy atom. The molecule has 6 nitrogen and oxygen atoms in total. The largest absolute Gasteiger partial charge is 0.366 e. The number of nitrogens with one attached hydrogen (secondary N) is 1. The van der Waals surface area contributed by atoms with Gasteiger partial charge in [0.25, 0.3) is 0 Å². The summed E-state index contributed by atoms with van der Waals surface area (Å²) in [6, 6.07) is 0. The Kier molecular flexibility index (Phi) is 2.59. The van der Waals surface area contributed by atoms with Crippen LogP contribution in [0.2, 0.25) is 0 Å². The van der Waals surface area contributed by atoms with Gasteiger partial charge in [-0.05, 0) is 6.42 Å². The second-order valence-electron chi connectivity index (χ2n) is 4.87. The average molecular weight is 248 g/mol. The van der Waals surface area contributed by atoms with Gasteiger partial charge in [-0.3, -0.25) is 14.5 Å². The van der Waals surface area contributed by atoms with Crippen LogP contribution in [0.15, 0.2) is 23.5 Å². The van der Waals surface area contributed by atoms with Crippen molar-refractivity contribution in [3.63, 3.8) is 0 Å². The SMILES string of the molecule is NC(=O)C1=CN2CC3NC(=O)CCN3CC2=CC1. The number of fused-ring (bicyclic) bond motifs is 2. The van der Waals surface area contributed by atoms with Gasteiger partial charge in [-0.15, -0.1) is 0 Å². The predicted molar refractivity (Wildman–Crippen MR) is 64.8 cm³/mol. The molecule has 0 bridgehead atoms. The van der Waals surface area contributed by atoms with Crippen molar-refractivity contribution in [2.75, 3.05) is 19.6 Å². The van der Waals surface area contributed by atoms with Crippen LogP contribution < -0.4 is 11.1 Å². The first-order chi connectivity index (χ1) is 8.63. The van der Waals surface area contributed by atoms with E-state index >= 15 is 0 Å². The monoisotopic (exact) mass is 248 g/mol. The molecular weight excluding hydrogens is 232 g/mol. The Labute approximate surface area is 105 Å². The predicted octanol–water partition coefficient (Wildman–Crippen LogP) is -0.893. The van der Waals surface area contributed by atoms with Gasteiger partial charge >= 0.3 is 0 Å². The van der Waals surface area contributed by atoms with Crippen molar-refractivity contribution >= 4 is 11.8 Å². The summed E-state index contributed by atoms with van der Waals surface area (Å²) < 4.78 is 0. The number of amides is 2. The van der Waals surface area contributed by atoms with Crippen LogP contribution in [0.5, 0.6) is 0 Å². The number of nitrogens with two attached hydrogens (primary N) is 1. The molecule has 3 rings (SSSR count). The van der Waals surface area contributed by atoms with Crippen molar-refractivity contribution in [2.24, 2.45) is 5.73 Å². The van der Waals surface area contributed by atoms with E-state index in [9.17, 15) is 9.59 Å². The molecule has 2 fully saturated rings. The van der Waals surface area contributed by atoms with Crippen LogP contribution in [-0.2, 0) is 9.59 Å². The third-order valence-corrected chi connectivity index (χ3v) is 3.68. The molecule has 2 saturated heterocycles. The van der Waals surface area contributed by atoms with E-state index < -0.39 is 0 Å². The number of piperazine rings is 1. The molecular formula is C12H16N4O2. The summed E-state index contributed by atoms with van der Waals surface area (Å²) in [5, 5.41) is 2.97. The summed E-state index contributed by atoms with van der Waals surface area (Å²) in [6.45, 7) is 2.29. The van der Waals surface area contributed by atoms with Crippen LogP contribution in [0.1, 0.15) is 12.8 Å². The Bertz CT molecular complexity index is 469. The summed E-state index contributed by atoms with van der Waals surface area (Å²) in [4.78, 5) is 26.9. The lowest BCUT2D eigenvalue weighted by molar-refractivity contribution is -0.127. The highest BCUT2D eigenvalue weighted by Crippen LogP contribution is 2.25. The molecule has 3 aliphatic heterocycles. The highest BCUT2D eigenvalue weighted by molar-refractivity contribution is 5.92. The minimum absolute atomic E-state index is 0.0341. The topological polar surface area (TPSA) is 78.7 Å². The van der Waals surface area contributed by atoms with Gasteiger partial charge in [0, 0.05) is 37.0 Å². The number of carbonyl (C=O) groups excluding carboxylic acids is 2. The Hall–Kier alpha value is -1.82. The van der Waals surface area contributed by atoms with Gasteiger partial charge in [-0.25, -0.2) is 0 Å². The van der Waals surface area contributed by atoms with Crippen LogP contribution in [0, 0.1) is 0 Å². The zero-order valence-corrected chi connectivity index (χ0v) is 10.1. The highest BCUT2D eigenvalue weighted by atomic mass is 16.2. The average Bonchev–Trinajstić information content (AvgIpc) is 2.35. The first-order valence-corrected chi connectivity index (χ1v) is 6.13. The van der Waals surface area contributed by atoms with Gasteiger partial charge in [-0.1, -0.05) is 6.08 Å². The summed E-state index contributed by atoms with van der Waals surface area (Å²) in [7, 11) is 0. The number of primary amides is 1. The van der Waals surface area contributed by atoms with E-state index in [0.717, 1.165) is 13.1 Å². The zero-order chi connectivity index (χ0) is 12.7. The Morgan fingerprint density at radius 1 is 1.50 bits per heavy atom. The number of hydrogen-bond acceptors (Lipinski definition) is 4. The minimum Gasteiger partial charge on any atom is -0.366 e. The zero-order valence-electron chi connectivity index (χ0n) is 10.1. The lowest BCUT2D eigenvalue weighted by Gasteiger charge is -2.46. The second-order valence-corrected chi connectivity index (χ2v) is 4.87. The molecule has 3 aliphatic rings. The smallest absolute Gasteiger partial charge is 0.246 e. The van der Waals surface area contributed by atoms with Gasteiger partial charge in [0.1, 0.15) is 6.17 Å². The summed E-state index contributed by atoms with van der Waals surface area (Å²) in [5.74, 6) is -0.278. The third-order valence-electron chi connectivity index (χ3n) is 3.68. The fourth-order valence-corrected chi connectivity index (χ4v) is 2.65. The van der Waals surface area contributed by atoms with E-state index in [4.69, 9.17) is 5.73 Å². The first kappa shape index (κ1) is 11.3. The van der Waals surface area contributed by atoms with E-state index in [0.29, 0.717) is 25.0 Å². The molecule has 0 saturated carbocycles. The number of allylic oxidation sites excluding steroid dienone is 1. The molecule has 0 spiro atoms. The standard InChI is InChI=1S/C12H16N4O2/c13-12(18)8-1-2-9-6-15-4-3-11(17)14-10(15)7-16(9)5-8/h2,5,10H,1,3-4,6-7H2,(H2,13,18)(H,14,17). The van der Waals surface area contributed by atoms with Gasteiger partial charge < -0.3 is 16.0 Å². The molecule has 0 aliphatic carbocycles. The number of carbonyl (C=O) groups is 2. The summed E-state index contributed by atoms with van der Waals surface area (Å²) >= 11 is 0. The molecule has 1 unspecified atom stereocenters. The van der Waals surface area contributed by atoms with E-state index in [2.05, 4.69) is 10.2 Å². The van der Waals surface area contributed by atoms with Crippen molar-refractivity contribution in [1.82, 2.24) is 15.1 Å². The molecule has 0 radical (unpaired) electrons. The molecule has 2 amide bonds. The molecule has 6 heteroatoms. The number of rotatable bonds is 1. The van der Waals surface area contributed by atoms with Crippen LogP contribution in [0.25, 0.3) is 0 Å². The van der Waals surface area contributed by atoms with E-state index in [1.807, 2.05) is 17.2 Å². The Balaban J connectivity index is 1.79. The number of hydrogen-bond donors (Lipinski definition) is 2. The molecule has 18 heavy (non-hydrogen) atoms. The molecule has 3 N–H and O–H groups in total. The Morgan fingerprint density at radius 2 is 2.33 bits per heavy atom. The summed E-state index contributed by atoms with van der Waals surface area (Å²) in [5.41, 5.74) is 7.11. The van der Waals surface area contributed by atoms with Crippen molar-refractivity contribution in [3.8, 4) is 0 Å². The van der Waals surface area contributed by atoms with Crippen LogP contribution in [-0.4, -0.2) is 47.4 Å². The van der Waals surface area contributed by atoms with Gasteiger partial charge in [0.15, 0.2) is 0 Å². The maximum absolute atomic E-state index is 11.4. The molecule has 0 aromatic heterocycles. The maximum atomic E-state index is 11.4. The lowest BCUT2D eigenvalue weighted by atomic mass is 10.0.